The van der Waals surface area contributed by atoms with Crippen LogP contribution in [0.2, 0.25) is 0 Å². The van der Waals surface area contributed by atoms with Gasteiger partial charge in [-0.05, 0) is 66.2 Å². The molecule has 0 saturated heterocycles. The van der Waals surface area contributed by atoms with Gasteiger partial charge in [-0.15, -0.1) is 0 Å². The number of aliphatic carboxylic acids is 1. The topological polar surface area (TPSA) is 46.5 Å². The zero-order chi connectivity index (χ0) is 18.4. The van der Waals surface area contributed by atoms with Crippen molar-refractivity contribution in [2.75, 3.05) is 13.7 Å². The fourth-order valence-corrected chi connectivity index (χ4v) is 2.26. The van der Waals surface area contributed by atoms with E-state index in [1.54, 1.807) is 7.11 Å². The van der Waals surface area contributed by atoms with Gasteiger partial charge in [0.05, 0.1) is 6.61 Å². The number of methoxy groups -OCH3 is 1. The van der Waals surface area contributed by atoms with Crippen molar-refractivity contribution in [3.8, 4) is 0 Å². The maximum atomic E-state index is 11.3. The molecule has 1 N–H and O–H groups in total. The number of carboxylic acids is 1. The standard InChI is InChI=1S/C21H34O3/c1-17(2)9-6-10-18(3)11-7-13-20(21(22)23)14-8-12-19(4)15-16-24-5/h9,11,14-15H,6-8,10,12-13,16H2,1-5H3,(H,22,23)/b18-11+,19-15+,20-14-. The number of hydrogen-bond acceptors (Lipinski definition) is 2. The Labute approximate surface area is 147 Å². The fraction of sp³-hybridized carbons (Fsp3) is 0.571. The van der Waals surface area contributed by atoms with Gasteiger partial charge in [-0.2, -0.15) is 0 Å². The van der Waals surface area contributed by atoms with Gasteiger partial charge >= 0.3 is 5.97 Å². The van der Waals surface area contributed by atoms with E-state index in [-0.39, 0.29) is 0 Å². The van der Waals surface area contributed by atoms with Gasteiger partial charge in [0.2, 0.25) is 0 Å². The van der Waals surface area contributed by atoms with Crippen LogP contribution in [0.25, 0.3) is 0 Å². The molecule has 0 aliphatic carbocycles. The lowest BCUT2D eigenvalue weighted by molar-refractivity contribution is -0.132. The molecular formula is C21H34O3. The lowest BCUT2D eigenvalue weighted by Gasteiger charge is -2.03. The average Bonchev–Trinajstić information content (AvgIpc) is 2.50. The number of rotatable bonds is 12. The van der Waals surface area contributed by atoms with Crippen LogP contribution in [-0.4, -0.2) is 24.8 Å². The predicted molar refractivity (Wildman–Crippen MR) is 102 cm³/mol. The Hall–Kier alpha value is -1.61. The van der Waals surface area contributed by atoms with Crippen LogP contribution in [0.1, 0.15) is 66.2 Å². The first-order chi connectivity index (χ1) is 11.4. The maximum Gasteiger partial charge on any atom is 0.331 e. The molecule has 0 unspecified atom stereocenters. The summed E-state index contributed by atoms with van der Waals surface area (Å²) in [7, 11) is 1.67. The molecule has 0 atom stereocenters. The SMILES string of the molecule is COC/C=C(\C)CC/C=C(/CC/C=C(\C)CCC=C(C)C)C(=O)O. The summed E-state index contributed by atoms with van der Waals surface area (Å²) in [5.74, 6) is -0.802. The first-order valence-electron chi connectivity index (χ1n) is 8.72. The summed E-state index contributed by atoms with van der Waals surface area (Å²) in [6, 6.07) is 0. The van der Waals surface area contributed by atoms with E-state index in [4.69, 9.17) is 4.74 Å². The van der Waals surface area contributed by atoms with Gasteiger partial charge in [-0.25, -0.2) is 4.79 Å². The van der Waals surface area contributed by atoms with Gasteiger partial charge in [0.1, 0.15) is 0 Å². The van der Waals surface area contributed by atoms with Gasteiger partial charge < -0.3 is 9.84 Å². The van der Waals surface area contributed by atoms with Crippen LogP contribution in [0.5, 0.6) is 0 Å². The Morgan fingerprint density at radius 3 is 1.92 bits per heavy atom. The van der Waals surface area contributed by atoms with Crippen molar-refractivity contribution < 1.29 is 14.6 Å². The Morgan fingerprint density at radius 1 is 0.833 bits per heavy atom. The molecule has 3 nitrogen and oxygen atoms in total. The highest BCUT2D eigenvalue weighted by Gasteiger charge is 2.05. The predicted octanol–water partition coefficient (Wildman–Crippen LogP) is 5.84. The van der Waals surface area contributed by atoms with Crippen LogP contribution in [0.3, 0.4) is 0 Å². The van der Waals surface area contributed by atoms with Crippen molar-refractivity contribution in [2.45, 2.75) is 66.2 Å². The molecule has 0 aromatic heterocycles. The minimum absolute atomic E-state index is 0.517. The van der Waals surface area contributed by atoms with Gasteiger partial charge in [0, 0.05) is 12.7 Å². The molecule has 0 aliphatic heterocycles. The Morgan fingerprint density at radius 2 is 1.38 bits per heavy atom. The summed E-state index contributed by atoms with van der Waals surface area (Å²) in [6.45, 7) is 8.99. The smallest absolute Gasteiger partial charge is 0.331 e. The van der Waals surface area contributed by atoms with E-state index in [2.05, 4.69) is 32.9 Å². The minimum Gasteiger partial charge on any atom is -0.478 e. The second-order valence-corrected chi connectivity index (χ2v) is 6.49. The maximum absolute atomic E-state index is 11.3. The fourth-order valence-electron chi connectivity index (χ4n) is 2.26. The summed E-state index contributed by atoms with van der Waals surface area (Å²) in [6.07, 6.45) is 13.4. The largest absolute Gasteiger partial charge is 0.478 e. The lowest BCUT2D eigenvalue weighted by atomic mass is 10.0. The zero-order valence-electron chi connectivity index (χ0n) is 16.0. The molecule has 0 radical (unpaired) electrons. The van der Waals surface area contributed by atoms with E-state index in [1.165, 1.54) is 16.7 Å². The van der Waals surface area contributed by atoms with E-state index in [0.29, 0.717) is 18.6 Å². The van der Waals surface area contributed by atoms with Crippen LogP contribution in [-0.2, 0) is 9.53 Å². The van der Waals surface area contributed by atoms with Crippen molar-refractivity contribution in [2.24, 2.45) is 0 Å². The van der Waals surface area contributed by atoms with Gasteiger partial charge in [-0.1, -0.05) is 41.0 Å². The summed E-state index contributed by atoms with van der Waals surface area (Å²) in [5, 5.41) is 9.32. The quantitative estimate of drug-likeness (QED) is 0.360. The third-order valence-corrected chi connectivity index (χ3v) is 3.80. The normalized spacial score (nSPS) is 13.1. The molecule has 0 aromatic rings. The van der Waals surface area contributed by atoms with Crippen LogP contribution in [0, 0.1) is 0 Å². The van der Waals surface area contributed by atoms with Crippen LogP contribution in [0.15, 0.2) is 46.6 Å². The van der Waals surface area contributed by atoms with Crippen LogP contribution in [0.4, 0.5) is 0 Å². The van der Waals surface area contributed by atoms with Crippen molar-refractivity contribution >= 4 is 5.97 Å². The molecule has 0 spiro atoms. The number of ether oxygens (including phenoxy) is 1. The number of carboxylic acid groups (broad SMARTS) is 1. The molecule has 0 bridgehead atoms. The van der Waals surface area contributed by atoms with Crippen LogP contribution < -0.4 is 0 Å². The summed E-state index contributed by atoms with van der Waals surface area (Å²) >= 11 is 0. The Bertz CT molecular complexity index is 489. The van der Waals surface area contributed by atoms with Crippen LogP contribution >= 0.6 is 0 Å². The molecular weight excluding hydrogens is 300 g/mol. The summed E-state index contributed by atoms with van der Waals surface area (Å²) in [4.78, 5) is 11.3. The third kappa shape index (κ3) is 12.9. The van der Waals surface area contributed by atoms with Crippen molar-refractivity contribution in [1.82, 2.24) is 0 Å². The lowest BCUT2D eigenvalue weighted by Crippen LogP contribution is -2.00. The second kappa shape index (κ2) is 13.8. The monoisotopic (exact) mass is 334 g/mol. The third-order valence-electron chi connectivity index (χ3n) is 3.80. The molecule has 3 heteroatoms. The van der Waals surface area contributed by atoms with E-state index in [9.17, 15) is 9.90 Å². The average molecular weight is 335 g/mol. The van der Waals surface area contributed by atoms with Crippen molar-refractivity contribution in [1.29, 1.82) is 0 Å². The minimum atomic E-state index is -0.802. The van der Waals surface area contributed by atoms with Crippen molar-refractivity contribution in [3.63, 3.8) is 0 Å². The summed E-state index contributed by atoms with van der Waals surface area (Å²) in [5.41, 5.74) is 4.42. The highest BCUT2D eigenvalue weighted by molar-refractivity contribution is 5.86. The Kier molecular flexibility index (Phi) is 12.9. The van der Waals surface area contributed by atoms with Gasteiger partial charge in [0.25, 0.3) is 0 Å². The molecule has 136 valence electrons. The number of allylic oxidation sites excluding steroid dienone is 6. The first kappa shape index (κ1) is 22.4. The van der Waals surface area contributed by atoms with E-state index in [1.807, 2.05) is 19.1 Å². The van der Waals surface area contributed by atoms with E-state index in [0.717, 1.165) is 32.1 Å². The molecule has 24 heavy (non-hydrogen) atoms. The first-order valence-corrected chi connectivity index (χ1v) is 8.72. The molecule has 0 amide bonds. The molecule has 0 fully saturated rings. The van der Waals surface area contributed by atoms with Crippen molar-refractivity contribution in [3.05, 3.63) is 46.6 Å². The molecule has 0 aliphatic rings. The van der Waals surface area contributed by atoms with E-state index >= 15 is 0 Å². The number of carbonyl (C=O) groups is 1. The highest BCUT2D eigenvalue weighted by Crippen LogP contribution is 2.14. The van der Waals surface area contributed by atoms with E-state index < -0.39 is 5.97 Å². The summed E-state index contributed by atoms with van der Waals surface area (Å²) < 4.78 is 5.00. The highest BCUT2D eigenvalue weighted by atomic mass is 16.5. The Balaban J connectivity index is 4.36. The van der Waals surface area contributed by atoms with Gasteiger partial charge in [0.15, 0.2) is 0 Å². The number of hydrogen-bond donors (Lipinski definition) is 1. The molecule has 0 heterocycles. The molecule has 0 aromatic carbocycles. The molecule has 0 rings (SSSR count). The van der Waals surface area contributed by atoms with Gasteiger partial charge in [-0.3, -0.25) is 0 Å². The second-order valence-electron chi connectivity index (χ2n) is 6.49. The zero-order valence-corrected chi connectivity index (χ0v) is 16.0. The molecule has 0 saturated carbocycles.